The fraction of sp³-hybridized carbons (Fsp3) is 0.188. The van der Waals surface area contributed by atoms with Gasteiger partial charge in [-0.2, -0.15) is 9.78 Å². The van der Waals surface area contributed by atoms with Crippen molar-refractivity contribution in [2.24, 2.45) is 5.10 Å². The molecule has 0 unspecified atom stereocenters. The second-order valence-electron chi connectivity index (χ2n) is 5.09. The normalized spacial score (nSPS) is 12.0. The van der Waals surface area contributed by atoms with E-state index in [0.717, 1.165) is 26.5 Å². The lowest BCUT2D eigenvalue weighted by Crippen LogP contribution is -2.20. The quantitative estimate of drug-likeness (QED) is 0.570. The van der Waals surface area contributed by atoms with E-state index in [2.05, 4.69) is 10.1 Å². The van der Waals surface area contributed by atoms with Gasteiger partial charge in [0.2, 0.25) is 4.77 Å². The summed E-state index contributed by atoms with van der Waals surface area (Å²) in [6.45, 7) is 5.82. The number of rotatable bonds is 2. The highest BCUT2D eigenvalue weighted by Gasteiger charge is 2.12. The number of aryl methyl sites for hydroxylation is 2. The highest BCUT2D eigenvalue weighted by Crippen LogP contribution is 2.25. The molecule has 6 heteroatoms. The Morgan fingerprint density at radius 2 is 1.95 bits per heavy atom. The van der Waals surface area contributed by atoms with Gasteiger partial charge in [-0.1, -0.05) is 30.3 Å². The molecule has 22 heavy (non-hydrogen) atoms. The minimum atomic E-state index is -0.170. The predicted molar refractivity (Wildman–Crippen MR) is 94.8 cm³/mol. The maximum absolute atomic E-state index is 12.7. The number of H-pyrrole nitrogens is 1. The van der Waals surface area contributed by atoms with Crippen LogP contribution in [0.15, 0.2) is 40.2 Å². The summed E-state index contributed by atoms with van der Waals surface area (Å²) in [5, 5.41) is 5.09. The highest BCUT2D eigenvalue weighted by atomic mass is 32.1. The number of thiophene rings is 1. The second kappa shape index (κ2) is 5.62. The van der Waals surface area contributed by atoms with Crippen LogP contribution in [0.25, 0.3) is 10.2 Å². The van der Waals surface area contributed by atoms with Crippen molar-refractivity contribution < 1.29 is 0 Å². The maximum atomic E-state index is 12.7. The van der Waals surface area contributed by atoms with Gasteiger partial charge in [0.15, 0.2) is 0 Å². The first-order valence-electron chi connectivity index (χ1n) is 6.85. The van der Waals surface area contributed by atoms with Crippen molar-refractivity contribution in [1.82, 2.24) is 9.66 Å². The smallest absolute Gasteiger partial charge is 0.284 e. The molecule has 0 fully saturated rings. The van der Waals surface area contributed by atoms with Crippen LogP contribution < -0.4 is 5.56 Å². The monoisotopic (exact) mass is 329 g/mol. The summed E-state index contributed by atoms with van der Waals surface area (Å²) < 4.78 is 1.59. The number of aromatic nitrogens is 2. The molecule has 0 aliphatic heterocycles. The third kappa shape index (κ3) is 2.44. The number of benzene rings is 1. The minimum absolute atomic E-state index is 0.170. The Balaban J connectivity index is 2.26. The standard InChI is InChI=1S/C16H15N3OS2/c1-9-11(3)22-14-13(9)15(20)19(16(21)17-14)18-10(2)12-7-5-4-6-8-12/h4-8H,1-3H3,(H,17,21)/b18-10+. The van der Waals surface area contributed by atoms with E-state index in [9.17, 15) is 4.79 Å². The molecule has 0 saturated heterocycles. The largest absolute Gasteiger partial charge is 0.322 e. The van der Waals surface area contributed by atoms with Gasteiger partial charge >= 0.3 is 0 Å². The van der Waals surface area contributed by atoms with Crippen molar-refractivity contribution in [2.75, 3.05) is 0 Å². The number of aromatic amines is 1. The third-order valence-electron chi connectivity index (χ3n) is 3.65. The van der Waals surface area contributed by atoms with Crippen molar-refractivity contribution in [3.63, 3.8) is 0 Å². The molecular weight excluding hydrogens is 314 g/mol. The van der Waals surface area contributed by atoms with Crippen LogP contribution in [-0.4, -0.2) is 15.4 Å². The van der Waals surface area contributed by atoms with Crippen LogP contribution in [0.5, 0.6) is 0 Å². The van der Waals surface area contributed by atoms with Crippen LogP contribution in [0.3, 0.4) is 0 Å². The van der Waals surface area contributed by atoms with Crippen molar-refractivity contribution in [1.29, 1.82) is 0 Å². The molecule has 2 heterocycles. The molecule has 0 saturated carbocycles. The van der Waals surface area contributed by atoms with Crippen LogP contribution in [0.2, 0.25) is 0 Å². The Morgan fingerprint density at radius 3 is 2.64 bits per heavy atom. The van der Waals surface area contributed by atoms with Gasteiger partial charge in [0, 0.05) is 4.88 Å². The molecule has 0 amide bonds. The van der Waals surface area contributed by atoms with E-state index in [-0.39, 0.29) is 5.56 Å². The summed E-state index contributed by atoms with van der Waals surface area (Å²) in [5.41, 5.74) is 2.52. The van der Waals surface area contributed by atoms with E-state index in [1.807, 2.05) is 51.1 Å². The average molecular weight is 329 g/mol. The first kappa shape index (κ1) is 14.9. The maximum Gasteiger partial charge on any atom is 0.284 e. The van der Waals surface area contributed by atoms with Crippen molar-refractivity contribution >= 4 is 39.5 Å². The lowest BCUT2D eigenvalue weighted by atomic mass is 10.1. The van der Waals surface area contributed by atoms with Gasteiger partial charge in [0.25, 0.3) is 5.56 Å². The van der Waals surface area contributed by atoms with E-state index in [4.69, 9.17) is 12.2 Å². The van der Waals surface area contributed by atoms with E-state index in [1.54, 1.807) is 11.3 Å². The van der Waals surface area contributed by atoms with Gasteiger partial charge in [0.1, 0.15) is 4.83 Å². The molecule has 0 aliphatic carbocycles. The molecule has 0 spiro atoms. The summed E-state index contributed by atoms with van der Waals surface area (Å²) in [6.07, 6.45) is 0. The molecule has 4 nitrogen and oxygen atoms in total. The molecule has 0 atom stereocenters. The Hall–Kier alpha value is -2.05. The number of fused-ring (bicyclic) bond motifs is 1. The van der Waals surface area contributed by atoms with Crippen molar-refractivity contribution in [3.05, 3.63) is 61.5 Å². The van der Waals surface area contributed by atoms with E-state index in [0.29, 0.717) is 10.2 Å². The Kier molecular flexibility index (Phi) is 3.80. The molecule has 0 aliphatic rings. The zero-order valence-corrected chi connectivity index (χ0v) is 14.1. The van der Waals surface area contributed by atoms with Crippen LogP contribution >= 0.6 is 23.6 Å². The summed E-state index contributed by atoms with van der Waals surface area (Å²) in [4.78, 5) is 17.8. The van der Waals surface area contributed by atoms with Gasteiger partial charge in [-0.25, -0.2) is 0 Å². The molecule has 112 valence electrons. The van der Waals surface area contributed by atoms with Crippen LogP contribution in [0.4, 0.5) is 0 Å². The van der Waals surface area contributed by atoms with Crippen LogP contribution in [0, 0.1) is 18.6 Å². The molecule has 3 aromatic rings. The number of nitrogens with one attached hydrogen (secondary N) is 1. The van der Waals surface area contributed by atoms with Crippen LogP contribution in [-0.2, 0) is 0 Å². The summed E-state index contributed by atoms with van der Waals surface area (Å²) in [5.74, 6) is 0. The molecule has 0 radical (unpaired) electrons. The Labute approximate surface area is 136 Å². The van der Waals surface area contributed by atoms with Crippen molar-refractivity contribution in [3.8, 4) is 0 Å². The predicted octanol–water partition coefficient (Wildman–Crippen LogP) is 4.01. The zero-order valence-electron chi connectivity index (χ0n) is 12.5. The summed E-state index contributed by atoms with van der Waals surface area (Å²) >= 11 is 6.84. The summed E-state index contributed by atoms with van der Waals surface area (Å²) in [6, 6.07) is 9.73. The van der Waals surface area contributed by atoms with Crippen LogP contribution in [0.1, 0.15) is 22.9 Å². The Bertz CT molecular complexity index is 994. The topological polar surface area (TPSA) is 50.1 Å². The van der Waals surface area contributed by atoms with E-state index < -0.39 is 0 Å². The van der Waals surface area contributed by atoms with Gasteiger partial charge in [-0.3, -0.25) is 4.79 Å². The minimum Gasteiger partial charge on any atom is -0.322 e. The Morgan fingerprint density at radius 1 is 1.27 bits per heavy atom. The molecule has 3 rings (SSSR count). The fourth-order valence-electron chi connectivity index (χ4n) is 2.30. The highest BCUT2D eigenvalue weighted by molar-refractivity contribution is 7.71. The number of hydrogen-bond donors (Lipinski definition) is 1. The van der Waals surface area contributed by atoms with Gasteiger partial charge < -0.3 is 4.98 Å². The lowest BCUT2D eigenvalue weighted by molar-refractivity contribution is 0.795. The average Bonchev–Trinajstić information content (AvgIpc) is 2.79. The van der Waals surface area contributed by atoms with E-state index in [1.165, 1.54) is 4.68 Å². The van der Waals surface area contributed by atoms with Gasteiger partial charge in [-0.15, -0.1) is 11.3 Å². The zero-order chi connectivity index (χ0) is 15.9. The fourth-order valence-corrected chi connectivity index (χ4v) is 3.64. The molecule has 2 aromatic heterocycles. The molecule has 0 bridgehead atoms. The second-order valence-corrected chi connectivity index (χ2v) is 6.70. The van der Waals surface area contributed by atoms with Gasteiger partial charge in [-0.05, 0) is 44.1 Å². The lowest BCUT2D eigenvalue weighted by Gasteiger charge is -2.04. The third-order valence-corrected chi connectivity index (χ3v) is 5.04. The van der Waals surface area contributed by atoms with E-state index >= 15 is 0 Å². The first-order chi connectivity index (χ1) is 10.5. The molecule has 1 N–H and O–H groups in total. The van der Waals surface area contributed by atoms with Crippen molar-refractivity contribution in [2.45, 2.75) is 20.8 Å². The number of nitrogens with zero attached hydrogens (tertiary/aromatic N) is 2. The number of hydrogen-bond acceptors (Lipinski definition) is 4. The molecular formula is C16H15N3OS2. The first-order valence-corrected chi connectivity index (χ1v) is 8.07. The SMILES string of the molecule is C/C(=N\n1c(=S)[nH]c2sc(C)c(C)c2c1=O)c1ccccc1. The summed E-state index contributed by atoms with van der Waals surface area (Å²) in [7, 11) is 0. The molecule has 1 aromatic carbocycles. The van der Waals surface area contributed by atoms with Gasteiger partial charge in [0.05, 0.1) is 11.1 Å².